The molecule has 1 heterocycles. The number of nitrogens with two attached hydrogens (primary N) is 1. The molecular weight excluding hydrogens is 273 g/mol. The van der Waals surface area contributed by atoms with Crippen LogP contribution in [0.5, 0.6) is 0 Å². The van der Waals surface area contributed by atoms with Gasteiger partial charge in [0.15, 0.2) is 5.16 Å². The van der Waals surface area contributed by atoms with Crippen molar-refractivity contribution >= 4 is 22.8 Å². The lowest BCUT2D eigenvalue weighted by Crippen LogP contribution is -2.09. The predicted octanol–water partition coefficient (Wildman–Crippen LogP) is 3.49. The van der Waals surface area contributed by atoms with Gasteiger partial charge in [-0.3, -0.25) is 0 Å². The highest BCUT2D eigenvalue weighted by atomic mass is 32.2. The summed E-state index contributed by atoms with van der Waals surface area (Å²) in [6, 6.07) is 14.4. The quantitative estimate of drug-likeness (QED) is 0.722. The molecule has 0 radical (unpaired) electrons. The molecule has 0 aliphatic heterocycles. The van der Waals surface area contributed by atoms with E-state index in [2.05, 4.69) is 9.97 Å². The van der Waals surface area contributed by atoms with E-state index in [1.54, 1.807) is 6.07 Å². The Morgan fingerprint density at radius 2 is 2.05 bits per heavy atom. The topological polar surface area (TPSA) is 54.7 Å². The zero-order valence-corrected chi connectivity index (χ0v) is 11.5. The molecule has 5 heteroatoms. The van der Waals surface area contributed by atoms with Crippen LogP contribution in [0, 0.1) is 5.82 Å². The number of halogens is 1. The molecule has 0 fully saturated rings. The van der Waals surface area contributed by atoms with Crippen LogP contribution in [-0.2, 0) is 0 Å². The van der Waals surface area contributed by atoms with E-state index < -0.39 is 0 Å². The number of hydrogen-bond donors (Lipinski definition) is 2. The van der Waals surface area contributed by atoms with E-state index in [1.807, 2.05) is 30.3 Å². The van der Waals surface area contributed by atoms with Crippen molar-refractivity contribution < 1.29 is 4.39 Å². The fraction of sp³-hybridized carbons (Fsp3) is 0.133. The number of hydrogen-bond acceptors (Lipinski definition) is 3. The van der Waals surface area contributed by atoms with E-state index in [0.29, 0.717) is 6.54 Å². The van der Waals surface area contributed by atoms with Crippen molar-refractivity contribution in [1.82, 2.24) is 9.97 Å². The highest BCUT2D eigenvalue weighted by Crippen LogP contribution is 2.33. The molecule has 1 atom stereocenters. The number of H-pyrrole nitrogens is 1. The number of imidazole rings is 1. The zero-order valence-electron chi connectivity index (χ0n) is 10.7. The summed E-state index contributed by atoms with van der Waals surface area (Å²) < 4.78 is 13.3. The normalized spacial score (nSPS) is 12.7. The fourth-order valence-electron chi connectivity index (χ4n) is 2.08. The molecule has 1 aromatic heterocycles. The molecule has 0 aliphatic carbocycles. The Morgan fingerprint density at radius 3 is 2.80 bits per heavy atom. The molecule has 20 heavy (non-hydrogen) atoms. The van der Waals surface area contributed by atoms with Gasteiger partial charge in [-0.1, -0.05) is 36.0 Å². The second-order valence-electron chi connectivity index (χ2n) is 4.46. The predicted molar refractivity (Wildman–Crippen MR) is 80.1 cm³/mol. The molecule has 2 aromatic carbocycles. The summed E-state index contributed by atoms with van der Waals surface area (Å²) in [7, 11) is 0. The standard InChI is InChI=1S/C15H14FN3S/c16-11-5-3-4-10(8-11)14(9-17)20-15-18-12-6-1-2-7-13(12)19-15/h1-8,14H,9,17H2,(H,18,19). The summed E-state index contributed by atoms with van der Waals surface area (Å²) in [5, 5.41) is 0.775. The third-order valence-corrected chi connectivity index (χ3v) is 4.22. The lowest BCUT2D eigenvalue weighted by atomic mass is 10.1. The monoisotopic (exact) mass is 287 g/mol. The summed E-state index contributed by atoms with van der Waals surface area (Å²) in [4.78, 5) is 7.75. The van der Waals surface area contributed by atoms with Crippen LogP contribution in [0.25, 0.3) is 11.0 Å². The molecule has 3 nitrogen and oxygen atoms in total. The Hall–Kier alpha value is -1.85. The minimum atomic E-state index is -0.244. The van der Waals surface area contributed by atoms with Crippen LogP contribution >= 0.6 is 11.8 Å². The molecular formula is C15H14FN3S. The van der Waals surface area contributed by atoms with Gasteiger partial charge in [-0.25, -0.2) is 9.37 Å². The van der Waals surface area contributed by atoms with Crippen molar-refractivity contribution in [3.05, 3.63) is 59.9 Å². The second kappa shape index (κ2) is 5.64. The maximum Gasteiger partial charge on any atom is 0.167 e. The molecule has 0 spiro atoms. The number of thioether (sulfide) groups is 1. The molecule has 3 rings (SSSR count). The van der Waals surface area contributed by atoms with Crippen LogP contribution < -0.4 is 5.73 Å². The van der Waals surface area contributed by atoms with Gasteiger partial charge in [0.05, 0.1) is 11.0 Å². The third-order valence-electron chi connectivity index (χ3n) is 3.06. The smallest absolute Gasteiger partial charge is 0.167 e. The van der Waals surface area contributed by atoms with Crippen molar-refractivity contribution in [2.24, 2.45) is 5.73 Å². The van der Waals surface area contributed by atoms with Crippen LogP contribution in [0.15, 0.2) is 53.7 Å². The molecule has 3 N–H and O–H groups in total. The number of fused-ring (bicyclic) bond motifs is 1. The first-order chi connectivity index (χ1) is 9.76. The fourth-order valence-corrected chi connectivity index (χ4v) is 3.05. The van der Waals surface area contributed by atoms with Crippen LogP contribution in [0.2, 0.25) is 0 Å². The number of nitrogens with zero attached hydrogens (tertiary/aromatic N) is 1. The van der Waals surface area contributed by atoms with Crippen molar-refractivity contribution in [3.8, 4) is 0 Å². The highest BCUT2D eigenvalue weighted by molar-refractivity contribution is 7.99. The van der Waals surface area contributed by atoms with Gasteiger partial charge < -0.3 is 10.7 Å². The second-order valence-corrected chi connectivity index (χ2v) is 5.65. The lowest BCUT2D eigenvalue weighted by molar-refractivity contribution is 0.625. The van der Waals surface area contributed by atoms with Gasteiger partial charge in [-0.15, -0.1) is 0 Å². The summed E-state index contributed by atoms with van der Waals surface area (Å²) in [5.41, 5.74) is 8.60. The van der Waals surface area contributed by atoms with Crippen LogP contribution in [-0.4, -0.2) is 16.5 Å². The molecule has 1 unspecified atom stereocenters. The van der Waals surface area contributed by atoms with E-state index in [0.717, 1.165) is 21.8 Å². The van der Waals surface area contributed by atoms with Crippen molar-refractivity contribution in [1.29, 1.82) is 0 Å². The van der Waals surface area contributed by atoms with E-state index in [4.69, 9.17) is 5.73 Å². The number of nitrogens with one attached hydrogen (secondary N) is 1. The average molecular weight is 287 g/mol. The number of aromatic nitrogens is 2. The van der Waals surface area contributed by atoms with E-state index in [1.165, 1.54) is 23.9 Å². The number of para-hydroxylation sites is 2. The minimum Gasteiger partial charge on any atom is -0.333 e. The van der Waals surface area contributed by atoms with Crippen molar-refractivity contribution in [2.45, 2.75) is 10.4 Å². The van der Waals surface area contributed by atoms with Gasteiger partial charge >= 0.3 is 0 Å². The van der Waals surface area contributed by atoms with Crippen LogP contribution in [0.1, 0.15) is 10.8 Å². The SMILES string of the molecule is NCC(Sc1nc2ccccc2[nH]1)c1cccc(F)c1. The molecule has 0 saturated heterocycles. The number of aromatic amines is 1. The van der Waals surface area contributed by atoms with Crippen molar-refractivity contribution in [2.75, 3.05) is 6.54 Å². The molecule has 0 bridgehead atoms. The average Bonchev–Trinajstić information content (AvgIpc) is 2.87. The summed E-state index contributed by atoms with van der Waals surface area (Å²) in [6.07, 6.45) is 0. The minimum absolute atomic E-state index is 0.0220. The van der Waals surface area contributed by atoms with Gasteiger partial charge in [-0.2, -0.15) is 0 Å². The Morgan fingerprint density at radius 1 is 1.20 bits per heavy atom. The molecule has 102 valence electrons. The van der Waals surface area contributed by atoms with Gasteiger partial charge in [0, 0.05) is 11.8 Å². The largest absolute Gasteiger partial charge is 0.333 e. The van der Waals surface area contributed by atoms with Gasteiger partial charge in [-0.05, 0) is 29.8 Å². The Kier molecular flexibility index (Phi) is 3.71. The Balaban J connectivity index is 1.87. The van der Waals surface area contributed by atoms with Gasteiger partial charge in [0.25, 0.3) is 0 Å². The maximum atomic E-state index is 13.3. The van der Waals surface area contributed by atoms with Gasteiger partial charge in [0.1, 0.15) is 5.82 Å². The van der Waals surface area contributed by atoms with E-state index >= 15 is 0 Å². The molecule has 0 aliphatic rings. The number of benzene rings is 2. The lowest BCUT2D eigenvalue weighted by Gasteiger charge is -2.13. The highest BCUT2D eigenvalue weighted by Gasteiger charge is 2.14. The Bertz CT molecular complexity index is 693. The maximum absolute atomic E-state index is 13.3. The molecule has 0 saturated carbocycles. The third kappa shape index (κ3) is 2.69. The number of rotatable bonds is 4. The van der Waals surface area contributed by atoms with Gasteiger partial charge in [0.2, 0.25) is 0 Å². The van der Waals surface area contributed by atoms with Crippen LogP contribution in [0.4, 0.5) is 4.39 Å². The van der Waals surface area contributed by atoms with E-state index in [9.17, 15) is 4.39 Å². The van der Waals surface area contributed by atoms with E-state index in [-0.39, 0.29) is 11.1 Å². The first kappa shape index (κ1) is 13.1. The summed E-state index contributed by atoms with van der Waals surface area (Å²) >= 11 is 1.52. The first-order valence-electron chi connectivity index (χ1n) is 6.33. The first-order valence-corrected chi connectivity index (χ1v) is 7.21. The van der Waals surface area contributed by atoms with Crippen molar-refractivity contribution in [3.63, 3.8) is 0 Å². The summed E-state index contributed by atoms with van der Waals surface area (Å²) in [5.74, 6) is -0.244. The zero-order chi connectivity index (χ0) is 13.9. The molecule has 0 amide bonds. The molecule has 3 aromatic rings. The van der Waals surface area contributed by atoms with Crippen LogP contribution in [0.3, 0.4) is 0 Å². The summed E-state index contributed by atoms with van der Waals surface area (Å²) in [6.45, 7) is 0.422. The Labute approximate surface area is 120 Å².